The van der Waals surface area contributed by atoms with Gasteiger partial charge in [-0.1, -0.05) is 61.0 Å². The molecule has 0 fully saturated rings. The van der Waals surface area contributed by atoms with Crippen LogP contribution >= 0.6 is 11.3 Å². The zero-order valence-corrected chi connectivity index (χ0v) is 20.0. The molecule has 0 radical (unpaired) electrons. The zero-order chi connectivity index (χ0) is 22.9. The maximum Gasteiger partial charge on any atom is 0.251 e. The summed E-state index contributed by atoms with van der Waals surface area (Å²) in [6, 6.07) is 28.2. The van der Waals surface area contributed by atoms with Crippen LogP contribution in [0.3, 0.4) is 0 Å². The fraction of sp³-hybridized carbons (Fsp3) is 0.233. The molecule has 0 aliphatic carbocycles. The van der Waals surface area contributed by atoms with Gasteiger partial charge in [0.2, 0.25) is 0 Å². The van der Waals surface area contributed by atoms with Gasteiger partial charge in [0, 0.05) is 44.9 Å². The minimum atomic E-state index is 0.0216. The molecule has 0 saturated carbocycles. The lowest BCUT2D eigenvalue weighted by molar-refractivity contribution is 0.0953. The lowest BCUT2D eigenvalue weighted by Gasteiger charge is -2.27. The van der Waals surface area contributed by atoms with Gasteiger partial charge < -0.3 is 10.6 Å². The van der Waals surface area contributed by atoms with Gasteiger partial charge in [0.05, 0.1) is 0 Å². The van der Waals surface area contributed by atoms with Crippen LogP contribution in [-0.2, 0) is 13.0 Å². The van der Waals surface area contributed by atoms with Crippen LogP contribution in [0.15, 0.2) is 78.9 Å². The van der Waals surface area contributed by atoms with Crippen molar-refractivity contribution in [3.8, 4) is 0 Å². The number of thiophene rings is 1. The van der Waals surface area contributed by atoms with Crippen molar-refractivity contribution in [1.82, 2.24) is 10.6 Å². The maximum absolute atomic E-state index is 12.8. The highest BCUT2D eigenvalue weighted by Gasteiger charge is 2.19. The molecule has 3 nitrogen and oxygen atoms in total. The summed E-state index contributed by atoms with van der Waals surface area (Å²) in [5, 5.41) is 12.0. The number of benzene rings is 4. The van der Waals surface area contributed by atoms with E-state index in [1.165, 1.54) is 42.1 Å². The first-order valence-electron chi connectivity index (χ1n) is 12.2. The van der Waals surface area contributed by atoms with Crippen LogP contribution < -0.4 is 10.6 Å². The summed E-state index contributed by atoms with van der Waals surface area (Å²) in [7, 11) is 0. The van der Waals surface area contributed by atoms with E-state index >= 15 is 0 Å². The average Bonchev–Trinajstić information content (AvgIpc) is 3.26. The van der Waals surface area contributed by atoms with E-state index in [2.05, 4.69) is 77.4 Å². The number of fused-ring (bicyclic) bond motifs is 6. The highest BCUT2D eigenvalue weighted by Crippen LogP contribution is 2.34. The Morgan fingerprint density at radius 2 is 1.71 bits per heavy atom. The van der Waals surface area contributed by atoms with E-state index in [0.717, 1.165) is 37.8 Å². The molecule has 2 heterocycles. The lowest BCUT2D eigenvalue weighted by Crippen LogP contribution is -2.35. The van der Waals surface area contributed by atoms with E-state index in [4.69, 9.17) is 0 Å². The van der Waals surface area contributed by atoms with Gasteiger partial charge in [-0.2, -0.15) is 0 Å². The third-order valence-electron chi connectivity index (χ3n) is 7.07. The van der Waals surface area contributed by atoms with Crippen LogP contribution in [0.25, 0.3) is 30.9 Å². The van der Waals surface area contributed by atoms with Crippen molar-refractivity contribution < 1.29 is 4.79 Å². The van der Waals surface area contributed by atoms with Gasteiger partial charge in [-0.15, -0.1) is 11.3 Å². The van der Waals surface area contributed by atoms with Crippen molar-refractivity contribution in [2.45, 2.75) is 38.3 Å². The normalized spacial score (nSPS) is 15.6. The third kappa shape index (κ3) is 4.08. The van der Waals surface area contributed by atoms with E-state index in [-0.39, 0.29) is 5.91 Å². The van der Waals surface area contributed by atoms with Crippen LogP contribution in [-0.4, -0.2) is 18.5 Å². The van der Waals surface area contributed by atoms with Gasteiger partial charge in [-0.3, -0.25) is 4.79 Å². The summed E-state index contributed by atoms with van der Waals surface area (Å²) in [5.74, 6) is 0.0216. The fourth-order valence-corrected chi connectivity index (χ4v) is 6.34. The van der Waals surface area contributed by atoms with E-state index in [0.29, 0.717) is 12.6 Å². The molecule has 0 saturated heterocycles. The second-order valence-electron chi connectivity index (χ2n) is 9.27. The first-order valence-corrected chi connectivity index (χ1v) is 13.0. The van der Waals surface area contributed by atoms with Crippen molar-refractivity contribution in [2.75, 3.05) is 6.54 Å². The van der Waals surface area contributed by atoms with Gasteiger partial charge >= 0.3 is 0 Å². The summed E-state index contributed by atoms with van der Waals surface area (Å²) in [4.78, 5) is 12.8. The van der Waals surface area contributed by atoms with Gasteiger partial charge in [-0.05, 0) is 65.4 Å². The predicted molar refractivity (Wildman–Crippen MR) is 144 cm³/mol. The second-order valence-corrected chi connectivity index (χ2v) is 10.4. The molecule has 34 heavy (non-hydrogen) atoms. The molecular weight excluding hydrogens is 436 g/mol. The van der Waals surface area contributed by atoms with Crippen LogP contribution in [0.4, 0.5) is 0 Å². The Morgan fingerprint density at radius 3 is 2.65 bits per heavy atom. The minimum absolute atomic E-state index is 0.0216. The smallest absolute Gasteiger partial charge is 0.251 e. The summed E-state index contributed by atoms with van der Waals surface area (Å²) in [5.41, 5.74) is 3.68. The number of hydrogen-bond acceptors (Lipinski definition) is 3. The van der Waals surface area contributed by atoms with Gasteiger partial charge in [0.25, 0.3) is 5.91 Å². The van der Waals surface area contributed by atoms with Crippen molar-refractivity contribution in [2.24, 2.45) is 0 Å². The lowest BCUT2D eigenvalue weighted by atomic mass is 9.89. The number of rotatable bonds is 6. The molecule has 1 amide bonds. The Morgan fingerprint density at radius 1 is 0.882 bits per heavy atom. The highest BCUT2D eigenvalue weighted by atomic mass is 32.1. The summed E-state index contributed by atoms with van der Waals surface area (Å²) < 4.78 is 2.49. The highest BCUT2D eigenvalue weighted by molar-refractivity contribution is 7.25. The van der Waals surface area contributed by atoms with Crippen LogP contribution in [0.5, 0.6) is 0 Å². The van der Waals surface area contributed by atoms with Crippen LogP contribution in [0, 0.1) is 0 Å². The Kier molecular flexibility index (Phi) is 5.78. The van der Waals surface area contributed by atoms with Crippen molar-refractivity contribution in [3.05, 3.63) is 95.6 Å². The number of nitrogens with one attached hydrogen (secondary N) is 2. The molecule has 170 valence electrons. The molecule has 5 aromatic rings. The Hall–Kier alpha value is -3.21. The number of amides is 1. The van der Waals surface area contributed by atoms with Crippen LogP contribution in [0.1, 0.15) is 40.7 Å². The number of hydrogen-bond donors (Lipinski definition) is 2. The molecule has 1 atom stereocenters. The van der Waals surface area contributed by atoms with Crippen LogP contribution in [0.2, 0.25) is 0 Å². The van der Waals surface area contributed by atoms with Crippen molar-refractivity contribution in [1.29, 1.82) is 0 Å². The molecule has 0 bridgehead atoms. The standard InChI is InChI=1S/C30H28N2OS/c33-30(21-14-15-29-27(17-21)25-10-3-4-11-28(25)34-29)31-16-6-5-8-23-18-26-22(19-32-23)13-12-20-7-1-2-9-24(20)26/h1-4,7,9-15,17,23,32H,5-6,8,16,18-19H2,(H,31,33). The zero-order valence-electron chi connectivity index (χ0n) is 19.1. The van der Waals surface area contributed by atoms with Gasteiger partial charge in [-0.25, -0.2) is 0 Å². The molecule has 2 N–H and O–H groups in total. The number of unbranched alkanes of at least 4 members (excludes halogenated alkanes) is 1. The molecule has 0 spiro atoms. The molecule has 1 aromatic heterocycles. The average molecular weight is 465 g/mol. The summed E-state index contributed by atoms with van der Waals surface area (Å²) in [6.07, 6.45) is 4.31. The third-order valence-corrected chi connectivity index (χ3v) is 8.22. The summed E-state index contributed by atoms with van der Waals surface area (Å²) >= 11 is 1.78. The predicted octanol–water partition coefficient (Wildman–Crippen LogP) is 6.82. The van der Waals surface area contributed by atoms with Gasteiger partial charge in [0.15, 0.2) is 0 Å². The Bertz CT molecular complexity index is 1500. The van der Waals surface area contributed by atoms with Crippen molar-refractivity contribution in [3.63, 3.8) is 0 Å². The number of carbonyl (C=O) groups is 1. The maximum atomic E-state index is 12.8. The van der Waals surface area contributed by atoms with Gasteiger partial charge in [0.1, 0.15) is 0 Å². The fourth-order valence-electron chi connectivity index (χ4n) is 5.25. The SMILES string of the molecule is O=C(NCCCCC1Cc2c(ccc3ccccc23)CN1)c1ccc2sc3ccccc3c2c1. The topological polar surface area (TPSA) is 41.1 Å². The van der Waals surface area contributed by atoms with E-state index in [1.807, 2.05) is 12.1 Å². The Balaban J connectivity index is 1.03. The first kappa shape index (κ1) is 21.3. The molecule has 1 aliphatic rings. The molecule has 4 heteroatoms. The molecule has 6 rings (SSSR count). The largest absolute Gasteiger partial charge is 0.352 e. The van der Waals surface area contributed by atoms with E-state index < -0.39 is 0 Å². The minimum Gasteiger partial charge on any atom is -0.352 e. The monoisotopic (exact) mass is 464 g/mol. The molecule has 1 unspecified atom stereocenters. The number of carbonyl (C=O) groups excluding carboxylic acids is 1. The molecule has 1 aliphatic heterocycles. The molecular formula is C30H28N2OS. The van der Waals surface area contributed by atoms with Crippen molar-refractivity contribution >= 4 is 48.2 Å². The second kappa shape index (κ2) is 9.21. The molecule has 4 aromatic carbocycles. The quantitative estimate of drug-likeness (QED) is 0.271. The first-order chi connectivity index (χ1) is 16.8. The summed E-state index contributed by atoms with van der Waals surface area (Å²) in [6.45, 7) is 1.66. The van der Waals surface area contributed by atoms with E-state index in [1.54, 1.807) is 11.3 Å². The Labute approximate surface area is 203 Å². The van der Waals surface area contributed by atoms with E-state index in [9.17, 15) is 4.79 Å².